The summed E-state index contributed by atoms with van der Waals surface area (Å²) in [5.41, 5.74) is 5.78. The molecule has 5 heteroatoms. The van der Waals surface area contributed by atoms with Gasteiger partial charge in [-0.3, -0.25) is 10.1 Å². The van der Waals surface area contributed by atoms with Crippen molar-refractivity contribution < 1.29 is 4.92 Å². The van der Waals surface area contributed by atoms with E-state index in [0.29, 0.717) is 11.3 Å². The zero-order valence-corrected chi connectivity index (χ0v) is 8.12. The van der Waals surface area contributed by atoms with Crippen LogP contribution in [-0.2, 0) is 0 Å². The Morgan fingerprint density at radius 2 is 2.29 bits per heavy atom. The molecule has 1 aromatic carbocycles. The highest BCUT2D eigenvalue weighted by Crippen LogP contribution is 2.24. The van der Waals surface area contributed by atoms with Gasteiger partial charge in [0.1, 0.15) is 11.3 Å². The highest BCUT2D eigenvalue weighted by molar-refractivity contribution is 7.80. The van der Waals surface area contributed by atoms with Crippen molar-refractivity contribution >= 4 is 24.0 Å². The average Bonchev–Trinajstić information content (AvgIpc) is 2.14. The van der Waals surface area contributed by atoms with Gasteiger partial charge >= 0.3 is 5.69 Å². The van der Waals surface area contributed by atoms with Crippen LogP contribution in [0.1, 0.15) is 5.56 Å². The molecule has 0 aliphatic rings. The van der Waals surface area contributed by atoms with Crippen LogP contribution in [0.4, 0.5) is 11.4 Å². The summed E-state index contributed by atoms with van der Waals surface area (Å²) in [6, 6.07) is 4.67. The van der Waals surface area contributed by atoms with E-state index in [4.69, 9.17) is 5.73 Å². The third-order valence-corrected chi connectivity index (χ3v) is 1.71. The quantitative estimate of drug-likeness (QED) is 0.241. The maximum Gasteiger partial charge on any atom is 0.307 e. The molecule has 1 rings (SSSR count). The van der Waals surface area contributed by atoms with E-state index in [0.717, 1.165) is 0 Å². The predicted octanol–water partition coefficient (Wildman–Crippen LogP) is 1.46. The van der Waals surface area contributed by atoms with Crippen molar-refractivity contribution in [3.8, 4) is 11.8 Å². The Balaban J connectivity index is 3.28. The van der Waals surface area contributed by atoms with E-state index >= 15 is 0 Å². The number of nitro groups is 1. The van der Waals surface area contributed by atoms with E-state index in [2.05, 4.69) is 24.5 Å². The summed E-state index contributed by atoms with van der Waals surface area (Å²) in [5, 5.41) is 10.6. The minimum atomic E-state index is -0.530. The number of rotatable bonds is 1. The van der Waals surface area contributed by atoms with Crippen LogP contribution in [0, 0.1) is 22.0 Å². The lowest BCUT2D eigenvalue weighted by atomic mass is 10.1. The molecular formula is C9H8N2O2S. The minimum Gasteiger partial charge on any atom is -0.393 e. The SMILES string of the molecule is Nc1cccc(C#CCS)c1[N+](=O)[O-]. The predicted molar refractivity (Wildman–Crippen MR) is 58.2 cm³/mol. The Bertz CT molecular complexity index is 421. The van der Waals surface area contributed by atoms with E-state index in [-0.39, 0.29) is 11.4 Å². The van der Waals surface area contributed by atoms with Gasteiger partial charge in [0.05, 0.1) is 10.7 Å². The monoisotopic (exact) mass is 208 g/mol. The van der Waals surface area contributed by atoms with Gasteiger partial charge in [-0.1, -0.05) is 17.9 Å². The molecule has 0 radical (unpaired) electrons. The van der Waals surface area contributed by atoms with E-state index in [1.807, 2.05) is 0 Å². The minimum absolute atomic E-state index is 0.126. The molecule has 4 nitrogen and oxygen atoms in total. The van der Waals surface area contributed by atoms with E-state index < -0.39 is 4.92 Å². The van der Waals surface area contributed by atoms with Gasteiger partial charge in [0, 0.05) is 0 Å². The maximum absolute atomic E-state index is 10.6. The Hall–Kier alpha value is -1.67. The number of nitrogen functional groups attached to an aromatic ring is 1. The molecule has 0 bridgehead atoms. The fourth-order valence-corrected chi connectivity index (χ4v) is 1.08. The molecule has 0 fully saturated rings. The topological polar surface area (TPSA) is 69.2 Å². The summed E-state index contributed by atoms with van der Waals surface area (Å²) in [4.78, 5) is 10.1. The van der Waals surface area contributed by atoms with Crippen LogP contribution in [0.15, 0.2) is 18.2 Å². The first-order valence-electron chi connectivity index (χ1n) is 3.79. The molecule has 0 atom stereocenters. The van der Waals surface area contributed by atoms with Crippen molar-refractivity contribution in [2.24, 2.45) is 0 Å². The highest BCUT2D eigenvalue weighted by Gasteiger charge is 2.15. The molecule has 0 aliphatic heterocycles. The third kappa shape index (κ3) is 2.18. The van der Waals surface area contributed by atoms with Crippen LogP contribution >= 0.6 is 12.6 Å². The smallest absolute Gasteiger partial charge is 0.307 e. The van der Waals surface area contributed by atoms with E-state index in [1.54, 1.807) is 12.1 Å². The van der Waals surface area contributed by atoms with Gasteiger partial charge in [0.25, 0.3) is 0 Å². The highest BCUT2D eigenvalue weighted by atomic mass is 32.1. The Morgan fingerprint density at radius 3 is 2.86 bits per heavy atom. The number of nitro benzene ring substituents is 1. The summed E-state index contributed by atoms with van der Waals surface area (Å²) in [6.07, 6.45) is 0. The first kappa shape index (κ1) is 10.4. The van der Waals surface area contributed by atoms with E-state index in [9.17, 15) is 10.1 Å². The van der Waals surface area contributed by atoms with Crippen molar-refractivity contribution in [1.29, 1.82) is 0 Å². The lowest BCUT2D eigenvalue weighted by Crippen LogP contribution is -1.98. The second-order valence-electron chi connectivity index (χ2n) is 2.46. The van der Waals surface area contributed by atoms with Crippen LogP contribution in [0.3, 0.4) is 0 Å². The lowest BCUT2D eigenvalue weighted by Gasteiger charge is -1.98. The molecular weight excluding hydrogens is 200 g/mol. The summed E-state index contributed by atoms with van der Waals surface area (Å²) < 4.78 is 0. The van der Waals surface area contributed by atoms with Crippen LogP contribution in [-0.4, -0.2) is 10.7 Å². The standard InChI is InChI=1S/C9H8N2O2S/c10-8-5-1-3-7(4-2-6-14)9(8)11(12)13/h1,3,5,14H,6,10H2. The van der Waals surface area contributed by atoms with Crippen molar-refractivity contribution in [2.75, 3.05) is 11.5 Å². The van der Waals surface area contributed by atoms with Crippen molar-refractivity contribution in [2.45, 2.75) is 0 Å². The Morgan fingerprint density at radius 1 is 1.57 bits per heavy atom. The number of anilines is 1. The maximum atomic E-state index is 10.6. The number of hydrogen-bond donors (Lipinski definition) is 2. The Kier molecular flexibility index (Phi) is 3.37. The summed E-state index contributed by atoms with van der Waals surface area (Å²) >= 11 is 3.89. The Labute approximate surface area is 86.7 Å². The second kappa shape index (κ2) is 4.53. The molecule has 0 aromatic heterocycles. The number of nitrogens with zero attached hydrogens (tertiary/aromatic N) is 1. The van der Waals surface area contributed by atoms with Gasteiger partial charge in [-0.2, -0.15) is 12.6 Å². The van der Waals surface area contributed by atoms with Gasteiger partial charge in [0.2, 0.25) is 0 Å². The normalized spacial score (nSPS) is 8.93. The number of para-hydroxylation sites is 1. The molecule has 14 heavy (non-hydrogen) atoms. The van der Waals surface area contributed by atoms with Crippen molar-refractivity contribution in [1.82, 2.24) is 0 Å². The number of benzene rings is 1. The zero-order chi connectivity index (χ0) is 10.6. The summed E-state index contributed by atoms with van der Waals surface area (Å²) in [7, 11) is 0. The molecule has 0 saturated carbocycles. The number of thiol groups is 1. The van der Waals surface area contributed by atoms with Gasteiger partial charge in [-0.15, -0.1) is 0 Å². The van der Waals surface area contributed by atoms with Gasteiger partial charge < -0.3 is 5.73 Å². The van der Waals surface area contributed by atoms with Crippen LogP contribution in [0.5, 0.6) is 0 Å². The average molecular weight is 208 g/mol. The molecule has 1 aromatic rings. The van der Waals surface area contributed by atoms with E-state index in [1.165, 1.54) is 6.07 Å². The summed E-state index contributed by atoms with van der Waals surface area (Å²) in [6.45, 7) is 0. The van der Waals surface area contributed by atoms with Gasteiger partial charge in [-0.25, -0.2) is 0 Å². The number of nitrogens with two attached hydrogens (primary N) is 1. The van der Waals surface area contributed by atoms with Crippen LogP contribution < -0.4 is 5.73 Å². The molecule has 0 spiro atoms. The first-order valence-corrected chi connectivity index (χ1v) is 4.42. The molecule has 0 saturated heterocycles. The van der Waals surface area contributed by atoms with Crippen LogP contribution in [0.2, 0.25) is 0 Å². The molecule has 0 unspecified atom stereocenters. The molecule has 72 valence electrons. The fourth-order valence-electron chi connectivity index (χ4n) is 1.00. The van der Waals surface area contributed by atoms with Crippen molar-refractivity contribution in [3.05, 3.63) is 33.9 Å². The molecule has 0 heterocycles. The first-order chi connectivity index (χ1) is 6.66. The molecule has 0 aliphatic carbocycles. The third-order valence-electron chi connectivity index (χ3n) is 1.55. The largest absolute Gasteiger partial charge is 0.393 e. The zero-order valence-electron chi connectivity index (χ0n) is 7.23. The number of hydrogen-bond acceptors (Lipinski definition) is 4. The van der Waals surface area contributed by atoms with Gasteiger partial charge in [-0.05, 0) is 12.1 Å². The molecule has 0 amide bonds. The molecule has 2 N–H and O–H groups in total. The van der Waals surface area contributed by atoms with Gasteiger partial charge in [0.15, 0.2) is 0 Å². The van der Waals surface area contributed by atoms with Crippen molar-refractivity contribution in [3.63, 3.8) is 0 Å². The van der Waals surface area contributed by atoms with Crippen LogP contribution in [0.25, 0.3) is 0 Å². The second-order valence-corrected chi connectivity index (χ2v) is 2.78. The lowest BCUT2D eigenvalue weighted by molar-refractivity contribution is -0.384. The fraction of sp³-hybridized carbons (Fsp3) is 0.111. The summed E-state index contributed by atoms with van der Waals surface area (Å²) in [5.74, 6) is 5.63.